The fraction of sp³-hybridized carbons (Fsp3) is 0.136. The van der Waals surface area contributed by atoms with Crippen molar-refractivity contribution < 1.29 is 4.39 Å². The Morgan fingerprint density at radius 3 is 2.24 bits per heavy atom. The van der Waals surface area contributed by atoms with E-state index in [4.69, 9.17) is 4.98 Å². The molecule has 0 bridgehead atoms. The van der Waals surface area contributed by atoms with Crippen molar-refractivity contribution in [1.29, 1.82) is 0 Å². The molecule has 3 heteroatoms. The topological polar surface area (TPSA) is 12.9 Å². The highest BCUT2D eigenvalue weighted by molar-refractivity contribution is 14.1. The number of pyridine rings is 1. The van der Waals surface area contributed by atoms with Crippen molar-refractivity contribution in [3.8, 4) is 22.5 Å². The number of benzene rings is 2. The van der Waals surface area contributed by atoms with Crippen LogP contribution in [0.3, 0.4) is 0 Å². The second-order valence-corrected chi connectivity index (χ2v) is 6.90. The molecule has 0 radical (unpaired) electrons. The maximum absolute atomic E-state index is 13.4. The molecule has 3 rings (SSSR count). The summed E-state index contributed by atoms with van der Waals surface area (Å²) >= 11 is 2.22. The van der Waals surface area contributed by atoms with Crippen LogP contribution in [0.1, 0.15) is 30.9 Å². The summed E-state index contributed by atoms with van der Waals surface area (Å²) in [7, 11) is 0. The van der Waals surface area contributed by atoms with Crippen LogP contribution in [0.2, 0.25) is 0 Å². The third-order valence-corrected chi connectivity index (χ3v) is 4.49. The van der Waals surface area contributed by atoms with Crippen LogP contribution in [0.4, 0.5) is 4.39 Å². The summed E-state index contributed by atoms with van der Waals surface area (Å²) in [5, 5.41) is 0. The first-order valence-electron chi connectivity index (χ1n) is 8.23. The van der Waals surface area contributed by atoms with Gasteiger partial charge in [0.15, 0.2) is 0 Å². The van der Waals surface area contributed by atoms with Crippen LogP contribution in [0.5, 0.6) is 0 Å². The number of nitrogens with zero attached hydrogens (tertiary/aromatic N) is 1. The van der Waals surface area contributed by atoms with Gasteiger partial charge in [0.05, 0.1) is 11.4 Å². The van der Waals surface area contributed by atoms with Gasteiger partial charge in [-0.15, -0.1) is 0 Å². The zero-order valence-electron chi connectivity index (χ0n) is 14.2. The van der Waals surface area contributed by atoms with Gasteiger partial charge in [-0.1, -0.05) is 66.8 Å². The van der Waals surface area contributed by atoms with Gasteiger partial charge in [-0.25, -0.2) is 9.37 Å². The first-order chi connectivity index (χ1) is 12.1. The van der Waals surface area contributed by atoms with Crippen LogP contribution in [-0.4, -0.2) is 4.98 Å². The molecule has 0 aliphatic rings. The average Bonchev–Trinajstić information content (AvgIpc) is 2.63. The molecule has 0 aliphatic carbocycles. The predicted molar refractivity (Wildman–Crippen MR) is 112 cm³/mol. The van der Waals surface area contributed by atoms with Crippen molar-refractivity contribution in [2.75, 3.05) is 0 Å². The predicted octanol–water partition coefficient (Wildman–Crippen LogP) is 7.08. The lowest BCUT2D eigenvalue weighted by Gasteiger charge is -2.17. The Morgan fingerprint density at radius 1 is 0.960 bits per heavy atom. The van der Waals surface area contributed by atoms with Gasteiger partial charge in [-0.05, 0) is 52.0 Å². The van der Waals surface area contributed by atoms with E-state index < -0.39 is 0 Å². The van der Waals surface area contributed by atoms with E-state index in [2.05, 4.69) is 60.7 Å². The van der Waals surface area contributed by atoms with E-state index >= 15 is 0 Å². The van der Waals surface area contributed by atoms with Gasteiger partial charge < -0.3 is 0 Å². The molecular weight excluding hydrogens is 424 g/mol. The lowest BCUT2D eigenvalue weighted by Crippen LogP contribution is -2.00. The average molecular weight is 443 g/mol. The zero-order valence-corrected chi connectivity index (χ0v) is 16.4. The first kappa shape index (κ1) is 17.8. The minimum atomic E-state index is -0.238. The molecule has 0 N–H and O–H groups in total. The normalized spacial score (nSPS) is 11.4. The molecule has 0 spiro atoms. The van der Waals surface area contributed by atoms with Gasteiger partial charge in [-0.3, -0.25) is 0 Å². The van der Waals surface area contributed by atoms with Crippen LogP contribution >= 0.6 is 22.6 Å². The summed E-state index contributed by atoms with van der Waals surface area (Å²) in [6.45, 7) is 4.37. The molecule has 1 nitrogen and oxygen atoms in total. The van der Waals surface area contributed by atoms with Crippen molar-refractivity contribution in [3.05, 3.63) is 81.7 Å². The Labute approximate surface area is 161 Å². The van der Waals surface area contributed by atoms with E-state index in [0.29, 0.717) is 5.92 Å². The second kappa shape index (κ2) is 7.91. The summed E-state index contributed by atoms with van der Waals surface area (Å²) < 4.78 is 15.4. The van der Waals surface area contributed by atoms with Crippen LogP contribution < -0.4 is 0 Å². The van der Waals surface area contributed by atoms with E-state index in [9.17, 15) is 4.39 Å². The van der Waals surface area contributed by atoms with E-state index in [1.54, 1.807) is 12.1 Å². The van der Waals surface area contributed by atoms with Crippen molar-refractivity contribution in [2.45, 2.75) is 19.8 Å². The minimum Gasteiger partial charge on any atom is -0.247 e. The lowest BCUT2D eigenvalue weighted by molar-refractivity contribution is 0.628. The number of hydrogen-bond donors (Lipinski definition) is 0. The van der Waals surface area contributed by atoms with Gasteiger partial charge in [0.2, 0.25) is 0 Å². The van der Waals surface area contributed by atoms with Crippen LogP contribution in [0.25, 0.3) is 28.6 Å². The number of rotatable bonds is 4. The summed E-state index contributed by atoms with van der Waals surface area (Å²) in [6.07, 6.45) is 2.08. The molecule has 1 aromatic heterocycles. The highest BCUT2D eigenvalue weighted by atomic mass is 127. The molecule has 0 unspecified atom stereocenters. The molecule has 0 amide bonds. The van der Waals surface area contributed by atoms with Gasteiger partial charge in [0.1, 0.15) is 5.82 Å². The zero-order chi connectivity index (χ0) is 17.8. The van der Waals surface area contributed by atoms with Crippen molar-refractivity contribution in [1.82, 2.24) is 4.98 Å². The van der Waals surface area contributed by atoms with Crippen molar-refractivity contribution in [2.24, 2.45) is 0 Å². The maximum atomic E-state index is 13.4. The van der Waals surface area contributed by atoms with Crippen LogP contribution in [0.15, 0.2) is 64.7 Å². The molecule has 25 heavy (non-hydrogen) atoms. The molecule has 0 aliphatic heterocycles. The SMILES string of the molecule is CC(C)c1cc(-c2ccccc2)nc(-c2ccc(F)cc2)c1C=CI. The molecule has 0 saturated carbocycles. The van der Waals surface area contributed by atoms with E-state index in [1.165, 1.54) is 17.7 Å². The van der Waals surface area contributed by atoms with Gasteiger partial charge in [0, 0.05) is 16.7 Å². The second-order valence-electron chi connectivity index (χ2n) is 6.18. The Kier molecular flexibility index (Phi) is 5.63. The number of aromatic nitrogens is 1. The first-order valence-corrected chi connectivity index (χ1v) is 9.47. The largest absolute Gasteiger partial charge is 0.247 e. The van der Waals surface area contributed by atoms with E-state index in [-0.39, 0.29) is 5.82 Å². The lowest BCUT2D eigenvalue weighted by atomic mass is 9.92. The molecule has 2 aromatic carbocycles. The maximum Gasteiger partial charge on any atom is 0.123 e. The third-order valence-electron chi connectivity index (χ3n) is 4.13. The smallest absolute Gasteiger partial charge is 0.123 e. The highest BCUT2D eigenvalue weighted by Gasteiger charge is 2.15. The Hall–Kier alpha value is -2.01. The molecule has 1 heterocycles. The number of halogens is 2. The minimum absolute atomic E-state index is 0.238. The van der Waals surface area contributed by atoms with Gasteiger partial charge in [0.25, 0.3) is 0 Å². The molecule has 3 aromatic rings. The molecule has 0 atom stereocenters. The standard InChI is InChI=1S/C22H19FIN/c1-15(2)20-14-21(16-6-4-3-5-7-16)25-22(19(20)12-13-24)17-8-10-18(23)11-9-17/h3-15H,1-2H3. The third kappa shape index (κ3) is 3.98. The monoisotopic (exact) mass is 443 g/mol. The summed E-state index contributed by atoms with van der Waals surface area (Å²) in [4.78, 5) is 4.93. The fourth-order valence-corrected chi connectivity index (χ4v) is 3.23. The Balaban J connectivity index is 2.29. The number of hydrogen-bond acceptors (Lipinski definition) is 1. The van der Waals surface area contributed by atoms with Crippen molar-refractivity contribution >= 4 is 28.7 Å². The Bertz CT molecular complexity index is 884. The quantitative estimate of drug-likeness (QED) is 0.393. The fourth-order valence-electron chi connectivity index (χ4n) is 2.88. The highest BCUT2D eigenvalue weighted by Crippen LogP contribution is 2.34. The van der Waals surface area contributed by atoms with Gasteiger partial charge >= 0.3 is 0 Å². The molecule has 0 fully saturated rings. The summed E-state index contributed by atoms with van der Waals surface area (Å²) in [6, 6.07) is 18.9. The molecular formula is C22H19FIN. The summed E-state index contributed by atoms with van der Waals surface area (Å²) in [5.74, 6) is 0.116. The van der Waals surface area contributed by atoms with Crippen molar-refractivity contribution in [3.63, 3.8) is 0 Å². The van der Waals surface area contributed by atoms with Crippen LogP contribution in [0, 0.1) is 5.82 Å². The van der Waals surface area contributed by atoms with Gasteiger partial charge in [-0.2, -0.15) is 0 Å². The summed E-state index contributed by atoms with van der Waals surface area (Å²) in [5.41, 5.74) is 6.16. The van der Waals surface area contributed by atoms with Crippen LogP contribution in [-0.2, 0) is 0 Å². The van der Waals surface area contributed by atoms with E-state index in [0.717, 1.165) is 28.1 Å². The molecule has 0 saturated heterocycles. The van der Waals surface area contributed by atoms with E-state index in [1.807, 2.05) is 22.3 Å². The Morgan fingerprint density at radius 2 is 1.64 bits per heavy atom. The molecule has 126 valence electrons.